The number of ether oxygens (including phenoxy) is 1. The summed E-state index contributed by atoms with van der Waals surface area (Å²) in [5.41, 5.74) is 7.52. The van der Waals surface area contributed by atoms with Crippen LogP contribution in [0.5, 0.6) is 0 Å². The molecule has 1 heterocycles. The number of esters is 1. The molecule has 0 spiro atoms. The summed E-state index contributed by atoms with van der Waals surface area (Å²) >= 11 is 0. The van der Waals surface area contributed by atoms with Gasteiger partial charge in [0.15, 0.2) is 0 Å². The molecule has 0 bridgehead atoms. The number of benzene rings is 1. The summed E-state index contributed by atoms with van der Waals surface area (Å²) in [7, 11) is 0. The van der Waals surface area contributed by atoms with Crippen molar-refractivity contribution in [3.8, 4) is 0 Å². The van der Waals surface area contributed by atoms with E-state index in [0.717, 1.165) is 5.56 Å². The normalized spacial score (nSPS) is 11.8. The first-order valence-corrected chi connectivity index (χ1v) is 5.63. The zero-order chi connectivity index (χ0) is 13.0. The van der Waals surface area contributed by atoms with Gasteiger partial charge in [-0.15, -0.1) is 0 Å². The Labute approximate surface area is 105 Å². The van der Waals surface area contributed by atoms with Crippen LogP contribution in [0.2, 0.25) is 0 Å². The summed E-state index contributed by atoms with van der Waals surface area (Å²) in [6, 6.07) is 10.3. The monoisotopic (exact) mass is 242 g/mol. The molecule has 1 atom stereocenters. The zero-order valence-corrected chi connectivity index (χ0v) is 10.0. The van der Waals surface area contributed by atoms with Crippen LogP contribution in [0.1, 0.15) is 28.9 Å². The largest absolute Gasteiger partial charge is 0.454 e. The molecule has 2 rings (SSSR count). The van der Waals surface area contributed by atoms with Crippen molar-refractivity contribution >= 4 is 11.7 Å². The van der Waals surface area contributed by atoms with Gasteiger partial charge in [0.25, 0.3) is 0 Å². The van der Waals surface area contributed by atoms with Crippen molar-refractivity contribution in [2.24, 2.45) is 0 Å². The van der Waals surface area contributed by atoms with Gasteiger partial charge in [-0.1, -0.05) is 6.07 Å². The summed E-state index contributed by atoms with van der Waals surface area (Å²) in [4.78, 5) is 15.8. The lowest BCUT2D eigenvalue weighted by molar-refractivity contribution is 0.0337. The first-order valence-electron chi connectivity index (χ1n) is 5.63. The van der Waals surface area contributed by atoms with Gasteiger partial charge in [0.2, 0.25) is 0 Å². The molecule has 1 unspecified atom stereocenters. The molecule has 2 aromatic rings. The third-order valence-electron chi connectivity index (χ3n) is 2.58. The van der Waals surface area contributed by atoms with Crippen molar-refractivity contribution in [1.82, 2.24) is 4.98 Å². The lowest BCUT2D eigenvalue weighted by atomic mass is 10.2. The van der Waals surface area contributed by atoms with Crippen molar-refractivity contribution in [2.75, 3.05) is 5.73 Å². The Bertz CT molecular complexity index is 523. The second-order valence-corrected chi connectivity index (χ2v) is 3.96. The highest BCUT2D eigenvalue weighted by Gasteiger charge is 2.13. The molecule has 4 heteroatoms. The molecule has 0 amide bonds. The first-order chi connectivity index (χ1) is 8.66. The van der Waals surface area contributed by atoms with E-state index in [2.05, 4.69) is 4.98 Å². The minimum Gasteiger partial charge on any atom is -0.454 e. The van der Waals surface area contributed by atoms with Gasteiger partial charge in [-0.3, -0.25) is 4.98 Å². The molecule has 0 aliphatic carbocycles. The second-order valence-electron chi connectivity index (χ2n) is 3.96. The maximum absolute atomic E-state index is 11.9. The van der Waals surface area contributed by atoms with Crippen LogP contribution < -0.4 is 5.73 Å². The molecule has 0 aliphatic rings. The standard InChI is InChI=1S/C14H14N2O2/c1-10(12-3-2-8-16-9-12)18-14(17)11-4-6-13(15)7-5-11/h2-10H,15H2,1H3. The quantitative estimate of drug-likeness (QED) is 0.663. The van der Waals surface area contributed by atoms with Gasteiger partial charge in [0, 0.05) is 23.6 Å². The number of nitrogens with zero attached hydrogens (tertiary/aromatic N) is 1. The predicted octanol–water partition coefficient (Wildman–Crippen LogP) is 2.58. The predicted molar refractivity (Wildman–Crippen MR) is 68.9 cm³/mol. The molecular formula is C14H14N2O2. The van der Waals surface area contributed by atoms with Crippen LogP contribution in [0.15, 0.2) is 48.8 Å². The fourth-order valence-corrected chi connectivity index (χ4v) is 1.53. The van der Waals surface area contributed by atoms with Gasteiger partial charge in [0.05, 0.1) is 5.56 Å². The van der Waals surface area contributed by atoms with Crippen molar-refractivity contribution in [2.45, 2.75) is 13.0 Å². The second kappa shape index (κ2) is 5.31. The van der Waals surface area contributed by atoms with Crippen LogP contribution in [0, 0.1) is 0 Å². The van der Waals surface area contributed by atoms with Crippen molar-refractivity contribution in [3.63, 3.8) is 0 Å². The highest BCUT2D eigenvalue weighted by atomic mass is 16.5. The van der Waals surface area contributed by atoms with E-state index in [1.165, 1.54) is 0 Å². The topological polar surface area (TPSA) is 65.2 Å². The fourth-order valence-electron chi connectivity index (χ4n) is 1.53. The van der Waals surface area contributed by atoms with Crippen molar-refractivity contribution in [3.05, 3.63) is 59.9 Å². The highest BCUT2D eigenvalue weighted by molar-refractivity contribution is 5.89. The zero-order valence-electron chi connectivity index (χ0n) is 10.0. The van der Waals surface area contributed by atoms with E-state index < -0.39 is 0 Å². The lowest BCUT2D eigenvalue weighted by Gasteiger charge is -2.13. The molecule has 0 saturated carbocycles. The van der Waals surface area contributed by atoms with E-state index in [1.54, 1.807) is 36.7 Å². The van der Waals surface area contributed by atoms with Crippen molar-refractivity contribution in [1.29, 1.82) is 0 Å². The smallest absolute Gasteiger partial charge is 0.338 e. The fraction of sp³-hybridized carbons (Fsp3) is 0.143. The third kappa shape index (κ3) is 2.85. The molecule has 18 heavy (non-hydrogen) atoms. The minimum atomic E-state index is -0.369. The van der Waals surface area contributed by atoms with E-state index in [1.807, 2.05) is 19.1 Å². The molecular weight excluding hydrogens is 228 g/mol. The summed E-state index contributed by atoms with van der Waals surface area (Å²) < 4.78 is 5.34. The van der Waals surface area contributed by atoms with Gasteiger partial charge in [-0.05, 0) is 37.3 Å². The summed E-state index contributed by atoms with van der Waals surface area (Å²) in [5.74, 6) is -0.369. The first kappa shape index (κ1) is 12.1. The SMILES string of the molecule is CC(OC(=O)c1ccc(N)cc1)c1cccnc1. The van der Waals surface area contributed by atoms with Crippen molar-refractivity contribution < 1.29 is 9.53 Å². The van der Waals surface area contributed by atoms with E-state index in [-0.39, 0.29) is 12.1 Å². The highest BCUT2D eigenvalue weighted by Crippen LogP contribution is 2.17. The average Bonchev–Trinajstić information content (AvgIpc) is 2.40. The number of hydrogen-bond acceptors (Lipinski definition) is 4. The maximum Gasteiger partial charge on any atom is 0.338 e. The van der Waals surface area contributed by atoms with Crippen LogP contribution in [-0.2, 0) is 4.74 Å². The van der Waals surface area contributed by atoms with E-state index in [0.29, 0.717) is 11.3 Å². The van der Waals surface area contributed by atoms with Crippen LogP contribution in [-0.4, -0.2) is 11.0 Å². The minimum absolute atomic E-state index is 0.330. The van der Waals surface area contributed by atoms with Gasteiger partial charge >= 0.3 is 5.97 Å². The maximum atomic E-state index is 11.9. The van der Waals surface area contributed by atoms with E-state index >= 15 is 0 Å². The number of anilines is 1. The number of carbonyl (C=O) groups is 1. The molecule has 0 radical (unpaired) electrons. The van der Waals surface area contributed by atoms with Crippen LogP contribution in [0.4, 0.5) is 5.69 Å². The molecule has 4 nitrogen and oxygen atoms in total. The summed E-state index contributed by atoms with van der Waals surface area (Å²) in [5, 5.41) is 0. The Hall–Kier alpha value is -2.36. The Balaban J connectivity index is 2.06. The number of nitrogen functional groups attached to an aromatic ring is 1. The number of rotatable bonds is 3. The number of pyridine rings is 1. The summed E-state index contributed by atoms with van der Waals surface area (Å²) in [6.45, 7) is 1.81. The molecule has 0 saturated heterocycles. The third-order valence-corrected chi connectivity index (χ3v) is 2.58. The van der Waals surface area contributed by atoms with Crippen LogP contribution in [0.3, 0.4) is 0 Å². The lowest BCUT2D eigenvalue weighted by Crippen LogP contribution is -2.09. The average molecular weight is 242 g/mol. The van der Waals surface area contributed by atoms with Gasteiger partial charge < -0.3 is 10.5 Å². The van der Waals surface area contributed by atoms with Gasteiger partial charge in [-0.25, -0.2) is 4.79 Å². The number of hydrogen-bond donors (Lipinski definition) is 1. The Kier molecular flexibility index (Phi) is 3.57. The van der Waals surface area contributed by atoms with E-state index in [4.69, 9.17) is 10.5 Å². The number of carbonyl (C=O) groups excluding carboxylic acids is 1. The molecule has 2 N–H and O–H groups in total. The Morgan fingerprint density at radius 2 is 2.00 bits per heavy atom. The molecule has 0 fully saturated rings. The number of nitrogens with two attached hydrogens (primary N) is 1. The Morgan fingerprint density at radius 1 is 1.28 bits per heavy atom. The Morgan fingerprint density at radius 3 is 2.61 bits per heavy atom. The molecule has 1 aromatic heterocycles. The van der Waals surface area contributed by atoms with Crippen LogP contribution >= 0.6 is 0 Å². The van der Waals surface area contributed by atoms with Crippen LogP contribution in [0.25, 0.3) is 0 Å². The molecule has 92 valence electrons. The molecule has 1 aromatic carbocycles. The van der Waals surface area contributed by atoms with Gasteiger partial charge in [-0.2, -0.15) is 0 Å². The summed E-state index contributed by atoms with van der Waals surface area (Å²) in [6.07, 6.45) is 3.03. The van der Waals surface area contributed by atoms with Gasteiger partial charge in [0.1, 0.15) is 6.10 Å². The molecule has 0 aliphatic heterocycles. The number of aromatic nitrogens is 1. The van der Waals surface area contributed by atoms with E-state index in [9.17, 15) is 4.79 Å².